The van der Waals surface area contributed by atoms with Gasteiger partial charge in [0.2, 0.25) is 0 Å². The molecule has 2 amide bonds. The molecule has 0 aromatic carbocycles. The fraction of sp³-hybridized carbons (Fsp3) is 0.909. The fourth-order valence-corrected chi connectivity index (χ4v) is 2.03. The first-order valence-corrected chi connectivity index (χ1v) is 6.22. The number of hydrogen-bond donors (Lipinski definition) is 2. The number of carbonyl (C=O) groups is 1. The number of piperidine rings is 1. The number of rotatable bonds is 4. The Morgan fingerprint density at radius 3 is 2.72 bits per heavy atom. The minimum absolute atomic E-state index is 0.329. The molecule has 1 atom stereocenters. The minimum atomic E-state index is -4.36. The van der Waals surface area contributed by atoms with Gasteiger partial charge in [-0.15, -0.1) is 0 Å². The summed E-state index contributed by atoms with van der Waals surface area (Å²) in [5.41, 5.74) is 0. The predicted molar refractivity (Wildman–Crippen MR) is 62.3 cm³/mol. The Kier molecular flexibility index (Phi) is 5.71. The van der Waals surface area contributed by atoms with Crippen LogP contribution in [-0.4, -0.2) is 49.8 Å². The van der Waals surface area contributed by atoms with E-state index in [4.69, 9.17) is 0 Å². The molecule has 2 N–H and O–H groups in total. The highest BCUT2D eigenvalue weighted by Gasteiger charge is 2.29. The van der Waals surface area contributed by atoms with Crippen LogP contribution in [0.3, 0.4) is 0 Å². The van der Waals surface area contributed by atoms with E-state index in [0.29, 0.717) is 19.0 Å². The molecule has 0 saturated carbocycles. The second-order valence-corrected chi connectivity index (χ2v) is 4.52. The average molecular weight is 267 g/mol. The molecule has 1 fully saturated rings. The molecule has 0 aromatic heterocycles. The molecule has 18 heavy (non-hydrogen) atoms. The maximum absolute atomic E-state index is 12.0. The van der Waals surface area contributed by atoms with Crippen molar-refractivity contribution in [3.05, 3.63) is 0 Å². The first-order valence-electron chi connectivity index (χ1n) is 6.22. The first-order chi connectivity index (χ1) is 8.42. The monoisotopic (exact) mass is 267 g/mol. The molecule has 0 aliphatic carbocycles. The lowest BCUT2D eigenvalue weighted by atomic mass is 9.99. The number of nitrogens with one attached hydrogen (secondary N) is 2. The van der Waals surface area contributed by atoms with Gasteiger partial charge >= 0.3 is 12.2 Å². The lowest BCUT2D eigenvalue weighted by Gasteiger charge is -2.29. The highest BCUT2D eigenvalue weighted by molar-refractivity contribution is 5.74. The van der Waals surface area contributed by atoms with Crippen molar-refractivity contribution in [2.24, 2.45) is 5.92 Å². The quantitative estimate of drug-likeness (QED) is 0.812. The molecule has 106 valence electrons. The molecule has 1 rings (SSSR count). The van der Waals surface area contributed by atoms with Crippen molar-refractivity contribution in [3.63, 3.8) is 0 Å². The number of alkyl halides is 3. The SMILES string of the molecule is CCN(CC1CCCNC1)C(=O)NCC(F)(F)F. The van der Waals surface area contributed by atoms with Crippen molar-refractivity contribution in [3.8, 4) is 0 Å². The summed E-state index contributed by atoms with van der Waals surface area (Å²) in [4.78, 5) is 13.0. The normalized spacial score (nSPS) is 20.6. The number of carbonyl (C=O) groups excluding carboxylic acids is 1. The molecule has 0 spiro atoms. The van der Waals surface area contributed by atoms with E-state index in [0.717, 1.165) is 25.9 Å². The van der Waals surface area contributed by atoms with Crippen molar-refractivity contribution in [2.45, 2.75) is 25.9 Å². The van der Waals surface area contributed by atoms with E-state index in [-0.39, 0.29) is 0 Å². The number of nitrogens with zero attached hydrogens (tertiary/aromatic N) is 1. The Morgan fingerprint density at radius 1 is 1.50 bits per heavy atom. The number of hydrogen-bond acceptors (Lipinski definition) is 2. The van der Waals surface area contributed by atoms with Crippen LogP contribution >= 0.6 is 0 Å². The summed E-state index contributed by atoms with van der Waals surface area (Å²) in [5.74, 6) is 0.329. The van der Waals surface area contributed by atoms with Crippen LogP contribution in [0.25, 0.3) is 0 Å². The number of urea groups is 1. The predicted octanol–water partition coefficient (Wildman–Crippen LogP) is 1.58. The summed E-state index contributed by atoms with van der Waals surface area (Å²) in [6, 6.07) is -0.639. The fourth-order valence-electron chi connectivity index (χ4n) is 2.03. The van der Waals surface area contributed by atoms with E-state index in [2.05, 4.69) is 5.32 Å². The molecule has 0 bridgehead atoms. The zero-order valence-corrected chi connectivity index (χ0v) is 10.5. The second-order valence-electron chi connectivity index (χ2n) is 4.52. The van der Waals surface area contributed by atoms with E-state index >= 15 is 0 Å². The summed E-state index contributed by atoms with van der Waals surface area (Å²) in [6.45, 7) is 3.22. The van der Waals surface area contributed by atoms with Gasteiger partial charge in [-0.3, -0.25) is 0 Å². The van der Waals surface area contributed by atoms with Crippen molar-refractivity contribution in [2.75, 3.05) is 32.7 Å². The zero-order valence-electron chi connectivity index (χ0n) is 10.5. The summed E-state index contributed by atoms with van der Waals surface area (Å²) in [6.07, 6.45) is -2.30. The molecule has 1 saturated heterocycles. The largest absolute Gasteiger partial charge is 0.405 e. The molecule has 1 aliphatic heterocycles. The van der Waals surface area contributed by atoms with Crippen LogP contribution in [-0.2, 0) is 0 Å². The van der Waals surface area contributed by atoms with E-state index in [1.54, 1.807) is 6.92 Å². The van der Waals surface area contributed by atoms with Crippen LogP contribution in [0, 0.1) is 5.92 Å². The third-order valence-corrected chi connectivity index (χ3v) is 2.99. The lowest BCUT2D eigenvalue weighted by Crippen LogP contribution is -2.47. The third-order valence-electron chi connectivity index (χ3n) is 2.99. The van der Waals surface area contributed by atoms with Crippen molar-refractivity contribution < 1.29 is 18.0 Å². The molecule has 1 heterocycles. The maximum Gasteiger partial charge on any atom is 0.405 e. The highest BCUT2D eigenvalue weighted by Crippen LogP contribution is 2.14. The van der Waals surface area contributed by atoms with E-state index < -0.39 is 18.8 Å². The van der Waals surface area contributed by atoms with Crippen LogP contribution in [0.5, 0.6) is 0 Å². The maximum atomic E-state index is 12.0. The lowest BCUT2D eigenvalue weighted by molar-refractivity contribution is -0.123. The van der Waals surface area contributed by atoms with Gasteiger partial charge < -0.3 is 15.5 Å². The van der Waals surface area contributed by atoms with Crippen molar-refractivity contribution >= 4 is 6.03 Å². The van der Waals surface area contributed by atoms with Gasteiger partial charge in [-0.25, -0.2) is 4.79 Å². The standard InChI is InChI=1S/C11H20F3N3O/c1-2-17(7-9-4-3-5-15-6-9)10(18)16-8-11(12,13)14/h9,15H,2-8H2,1H3,(H,16,18). The molecule has 0 radical (unpaired) electrons. The summed E-state index contributed by atoms with van der Waals surface area (Å²) < 4.78 is 36.0. The third kappa shape index (κ3) is 5.57. The molecular weight excluding hydrogens is 247 g/mol. The minimum Gasteiger partial charge on any atom is -0.329 e. The van der Waals surface area contributed by atoms with Gasteiger partial charge in [0.15, 0.2) is 0 Å². The van der Waals surface area contributed by atoms with Crippen LogP contribution in [0.15, 0.2) is 0 Å². The zero-order chi connectivity index (χ0) is 13.6. The Labute approximate surface area is 105 Å². The molecule has 7 heteroatoms. The van der Waals surface area contributed by atoms with Crippen molar-refractivity contribution in [1.82, 2.24) is 15.5 Å². The van der Waals surface area contributed by atoms with Gasteiger partial charge in [-0.2, -0.15) is 13.2 Å². The average Bonchev–Trinajstić information content (AvgIpc) is 2.33. The molecule has 0 aromatic rings. The second kappa shape index (κ2) is 6.82. The Bertz CT molecular complexity index is 265. The van der Waals surface area contributed by atoms with Gasteiger partial charge in [0.25, 0.3) is 0 Å². The highest BCUT2D eigenvalue weighted by atomic mass is 19.4. The van der Waals surface area contributed by atoms with E-state index in [1.807, 2.05) is 5.32 Å². The number of halogens is 3. The van der Waals surface area contributed by atoms with Crippen molar-refractivity contribution in [1.29, 1.82) is 0 Å². The van der Waals surface area contributed by atoms with E-state index in [9.17, 15) is 18.0 Å². The molecule has 1 unspecified atom stereocenters. The van der Waals surface area contributed by atoms with Crippen LogP contribution < -0.4 is 10.6 Å². The van der Waals surface area contributed by atoms with Crippen LogP contribution in [0.1, 0.15) is 19.8 Å². The molecule has 1 aliphatic rings. The van der Waals surface area contributed by atoms with Gasteiger partial charge in [0.1, 0.15) is 6.54 Å². The Balaban J connectivity index is 2.36. The van der Waals surface area contributed by atoms with E-state index in [1.165, 1.54) is 4.90 Å². The number of amides is 2. The van der Waals surface area contributed by atoms with Gasteiger partial charge in [-0.05, 0) is 38.8 Å². The van der Waals surface area contributed by atoms with Crippen LogP contribution in [0.2, 0.25) is 0 Å². The molecular formula is C11H20F3N3O. The van der Waals surface area contributed by atoms with Crippen LogP contribution in [0.4, 0.5) is 18.0 Å². The molecule has 4 nitrogen and oxygen atoms in total. The van der Waals surface area contributed by atoms with Gasteiger partial charge in [-0.1, -0.05) is 0 Å². The van der Waals surface area contributed by atoms with Gasteiger partial charge in [0.05, 0.1) is 0 Å². The first kappa shape index (κ1) is 15.1. The Morgan fingerprint density at radius 2 is 2.22 bits per heavy atom. The smallest absolute Gasteiger partial charge is 0.329 e. The summed E-state index contributed by atoms with van der Waals surface area (Å²) >= 11 is 0. The topological polar surface area (TPSA) is 44.4 Å². The summed E-state index contributed by atoms with van der Waals surface area (Å²) in [7, 11) is 0. The summed E-state index contributed by atoms with van der Waals surface area (Å²) in [5, 5.41) is 5.13. The Hall–Kier alpha value is -0.980. The van der Waals surface area contributed by atoms with Gasteiger partial charge in [0, 0.05) is 13.1 Å².